The molecule has 0 fully saturated rings. The van der Waals surface area contributed by atoms with Crippen LogP contribution in [0.3, 0.4) is 0 Å². The van der Waals surface area contributed by atoms with E-state index in [0.29, 0.717) is 18.2 Å². The molecule has 0 aliphatic rings. The number of carbonyl (C=O) groups is 1. The Labute approximate surface area is 102 Å². The minimum Gasteiger partial charge on any atom is -0.340 e. The largest absolute Gasteiger partial charge is 0.340 e. The Bertz CT molecular complexity index is 435. The van der Waals surface area contributed by atoms with E-state index in [1.807, 2.05) is 6.07 Å². The van der Waals surface area contributed by atoms with Crippen LogP contribution in [0.25, 0.3) is 0 Å². The van der Waals surface area contributed by atoms with Crippen molar-refractivity contribution >= 4 is 5.91 Å². The third kappa shape index (κ3) is 3.87. The van der Waals surface area contributed by atoms with E-state index in [1.54, 1.807) is 30.1 Å². The van der Waals surface area contributed by atoms with Crippen molar-refractivity contribution in [2.45, 2.75) is 20.3 Å². The molecule has 1 aromatic heterocycles. The molecule has 1 amide bonds. The predicted molar refractivity (Wildman–Crippen MR) is 65.4 cm³/mol. The lowest BCUT2D eigenvalue weighted by Crippen LogP contribution is -2.29. The molecule has 4 nitrogen and oxygen atoms in total. The zero-order valence-electron chi connectivity index (χ0n) is 10.5. The maximum atomic E-state index is 12.0. The summed E-state index contributed by atoms with van der Waals surface area (Å²) in [6.45, 7) is 4.94. The molecule has 0 aromatic carbocycles. The van der Waals surface area contributed by atoms with Crippen molar-refractivity contribution in [1.82, 2.24) is 9.88 Å². The molecule has 0 aliphatic carbocycles. The molecule has 1 aromatic rings. The van der Waals surface area contributed by atoms with Gasteiger partial charge in [-0.15, -0.1) is 0 Å². The highest BCUT2D eigenvalue weighted by atomic mass is 16.2. The van der Waals surface area contributed by atoms with E-state index >= 15 is 0 Å². The Kier molecular flexibility index (Phi) is 4.65. The van der Waals surface area contributed by atoms with Gasteiger partial charge < -0.3 is 4.90 Å². The van der Waals surface area contributed by atoms with Crippen molar-refractivity contribution < 1.29 is 4.79 Å². The molecule has 4 heteroatoms. The summed E-state index contributed by atoms with van der Waals surface area (Å²) in [6.07, 6.45) is 0.959. The molecule has 90 valence electrons. The number of amides is 1. The van der Waals surface area contributed by atoms with Crippen molar-refractivity contribution in [2.75, 3.05) is 13.6 Å². The second-order valence-corrected chi connectivity index (χ2v) is 4.43. The zero-order valence-corrected chi connectivity index (χ0v) is 10.5. The van der Waals surface area contributed by atoms with Gasteiger partial charge in [0, 0.05) is 13.6 Å². The highest BCUT2D eigenvalue weighted by molar-refractivity contribution is 5.92. The van der Waals surface area contributed by atoms with Gasteiger partial charge in [0.15, 0.2) is 0 Å². The van der Waals surface area contributed by atoms with Gasteiger partial charge in [0.2, 0.25) is 0 Å². The number of aromatic nitrogens is 1. The van der Waals surface area contributed by atoms with Crippen molar-refractivity contribution in [1.29, 1.82) is 5.26 Å². The fourth-order valence-electron chi connectivity index (χ4n) is 1.37. The average molecular weight is 231 g/mol. The summed E-state index contributed by atoms with van der Waals surface area (Å²) in [6, 6.07) is 6.83. The molecule has 0 aliphatic heterocycles. The number of nitrogens with zero attached hydrogens (tertiary/aromatic N) is 3. The van der Waals surface area contributed by atoms with Crippen LogP contribution in [0.1, 0.15) is 36.5 Å². The Morgan fingerprint density at radius 1 is 1.53 bits per heavy atom. The first-order chi connectivity index (χ1) is 8.04. The van der Waals surface area contributed by atoms with Crippen molar-refractivity contribution in [3.05, 3.63) is 29.6 Å². The first kappa shape index (κ1) is 13.2. The number of hydrogen-bond donors (Lipinski definition) is 0. The molecule has 0 atom stereocenters. The molecule has 0 N–H and O–H groups in total. The zero-order chi connectivity index (χ0) is 12.8. The Balaban J connectivity index is 2.71. The van der Waals surface area contributed by atoms with E-state index in [1.165, 1.54) is 0 Å². The van der Waals surface area contributed by atoms with Crippen LogP contribution in [0.5, 0.6) is 0 Å². The first-order valence-corrected chi connectivity index (χ1v) is 5.67. The molecule has 0 saturated heterocycles. The lowest BCUT2D eigenvalue weighted by Gasteiger charge is -2.17. The van der Waals surface area contributed by atoms with Crippen LogP contribution in [0.4, 0.5) is 0 Å². The molecule has 0 bridgehead atoms. The third-order valence-electron chi connectivity index (χ3n) is 2.47. The fourth-order valence-corrected chi connectivity index (χ4v) is 1.37. The Morgan fingerprint density at radius 2 is 2.24 bits per heavy atom. The van der Waals surface area contributed by atoms with Gasteiger partial charge in [-0.2, -0.15) is 5.26 Å². The van der Waals surface area contributed by atoms with E-state index < -0.39 is 0 Å². The van der Waals surface area contributed by atoms with E-state index in [0.717, 1.165) is 6.42 Å². The number of carbonyl (C=O) groups excluding carboxylic acids is 1. The van der Waals surface area contributed by atoms with Gasteiger partial charge in [-0.25, -0.2) is 4.98 Å². The molecular formula is C13H17N3O. The summed E-state index contributed by atoms with van der Waals surface area (Å²) in [5.74, 6) is 0.423. The van der Waals surface area contributed by atoms with Gasteiger partial charge in [0.05, 0.1) is 0 Å². The van der Waals surface area contributed by atoms with Crippen LogP contribution in [0, 0.1) is 17.2 Å². The van der Waals surface area contributed by atoms with Crippen LogP contribution >= 0.6 is 0 Å². The molecule has 0 spiro atoms. The summed E-state index contributed by atoms with van der Waals surface area (Å²) in [5, 5.41) is 8.72. The van der Waals surface area contributed by atoms with Crippen LogP contribution in [0.15, 0.2) is 18.2 Å². The Hall–Kier alpha value is -1.89. The van der Waals surface area contributed by atoms with E-state index in [9.17, 15) is 4.79 Å². The summed E-state index contributed by atoms with van der Waals surface area (Å²) in [5.41, 5.74) is 0.600. The summed E-state index contributed by atoms with van der Waals surface area (Å²) in [4.78, 5) is 17.6. The number of nitriles is 1. The van der Waals surface area contributed by atoms with Gasteiger partial charge >= 0.3 is 0 Å². The van der Waals surface area contributed by atoms with Gasteiger partial charge in [-0.1, -0.05) is 19.9 Å². The maximum Gasteiger partial charge on any atom is 0.272 e. The first-order valence-electron chi connectivity index (χ1n) is 5.67. The Morgan fingerprint density at radius 3 is 2.82 bits per heavy atom. The minimum atomic E-state index is -0.136. The van der Waals surface area contributed by atoms with Crippen LogP contribution in [-0.4, -0.2) is 29.4 Å². The molecule has 1 rings (SSSR count). The van der Waals surface area contributed by atoms with Gasteiger partial charge in [-0.3, -0.25) is 4.79 Å². The molecule has 0 unspecified atom stereocenters. The van der Waals surface area contributed by atoms with Gasteiger partial charge in [0.1, 0.15) is 17.5 Å². The highest BCUT2D eigenvalue weighted by Gasteiger charge is 2.13. The number of hydrogen-bond acceptors (Lipinski definition) is 3. The normalized spacial score (nSPS) is 10.1. The fraction of sp³-hybridized carbons (Fsp3) is 0.462. The lowest BCUT2D eigenvalue weighted by atomic mass is 10.1. The standard InChI is InChI=1S/C13H17N3O/c1-10(2)7-8-16(3)13(17)12-6-4-5-11(9-14)15-12/h4-6,10H,7-8H2,1-3H3. The second-order valence-electron chi connectivity index (χ2n) is 4.43. The van der Waals surface area contributed by atoms with Crippen molar-refractivity contribution in [2.24, 2.45) is 5.92 Å². The minimum absolute atomic E-state index is 0.136. The van der Waals surface area contributed by atoms with Gasteiger partial charge in [0.25, 0.3) is 5.91 Å². The van der Waals surface area contributed by atoms with Crippen molar-refractivity contribution in [3.8, 4) is 6.07 Å². The molecule has 17 heavy (non-hydrogen) atoms. The third-order valence-corrected chi connectivity index (χ3v) is 2.47. The van der Waals surface area contributed by atoms with Crippen LogP contribution in [-0.2, 0) is 0 Å². The maximum absolute atomic E-state index is 12.0. The highest BCUT2D eigenvalue weighted by Crippen LogP contribution is 2.05. The van der Waals surface area contributed by atoms with E-state index in [4.69, 9.17) is 5.26 Å². The number of rotatable bonds is 4. The second kappa shape index (κ2) is 6.00. The SMILES string of the molecule is CC(C)CCN(C)C(=O)c1cccc(C#N)n1. The van der Waals surface area contributed by atoms with E-state index in [-0.39, 0.29) is 11.6 Å². The van der Waals surface area contributed by atoms with E-state index in [2.05, 4.69) is 18.8 Å². The van der Waals surface area contributed by atoms with Crippen molar-refractivity contribution in [3.63, 3.8) is 0 Å². The van der Waals surface area contributed by atoms with Crippen LogP contribution < -0.4 is 0 Å². The molecular weight excluding hydrogens is 214 g/mol. The molecule has 0 radical (unpaired) electrons. The summed E-state index contributed by atoms with van der Waals surface area (Å²) >= 11 is 0. The summed E-state index contributed by atoms with van der Waals surface area (Å²) < 4.78 is 0. The molecule has 1 heterocycles. The predicted octanol–water partition coefficient (Wildman–Crippen LogP) is 2.07. The smallest absolute Gasteiger partial charge is 0.272 e. The lowest BCUT2D eigenvalue weighted by molar-refractivity contribution is 0.0783. The quantitative estimate of drug-likeness (QED) is 0.797. The summed E-state index contributed by atoms with van der Waals surface area (Å²) in [7, 11) is 1.76. The topological polar surface area (TPSA) is 57.0 Å². The average Bonchev–Trinajstić information content (AvgIpc) is 2.35. The molecule has 0 saturated carbocycles. The monoisotopic (exact) mass is 231 g/mol. The number of pyridine rings is 1. The van der Waals surface area contributed by atoms with Gasteiger partial charge in [-0.05, 0) is 24.5 Å². The van der Waals surface area contributed by atoms with Crippen LogP contribution in [0.2, 0.25) is 0 Å².